The number of ether oxygens (including phenoxy) is 2. The number of amides is 1. The molecule has 0 aromatic carbocycles. The summed E-state index contributed by atoms with van der Waals surface area (Å²) < 4.78 is 10.1. The second kappa shape index (κ2) is 9.17. The quantitative estimate of drug-likeness (QED) is 0.328. The highest BCUT2D eigenvalue weighted by Crippen LogP contribution is 1.99. The van der Waals surface area contributed by atoms with E-state index in [9.17, 15) is 4.79 Å². The van der Waals surface area contributed by atoms with Crippen molar-refractivity contribution in [1.82, 2.24) is 5.48 Å². The first-order valence-corrected chi connectivity index (χ1v) is 4.10. The summed E-state index contributed by atoms with van der Waals surface area (Å²) in [7, 11) is 0. The van der Waals surface area contributed by atoms with Gasteiger partial charge >= 0.3 is 0 Å². The fourth-order valence-electron chi connectivity index (χ4n) is 0.782. The van der Waals surface area contributed by atoms with Crippen LogP contribution in [0.2, 0.25) is 0 Å². The third-order valence-electron chi connectivity index (χ3n) is 1.37. The summed E-state index contributed by atoms with van der Waals surface area (Å²) in [6, 6.07) is -1.02. The zero-order valence-electron chi connectivity index (χ0n) is 8.23. The van der Waals surface area contributed by atoms with E-state index < -0.39 is 18.2 Å². The zero-order chi connectivity index (χ0) is 10.3. The Kier molecular flexibility index (Phi) is 10.5. The van der Waals surface area contributed by atoms with Crippen LogP contribution in [0, 0.1) is 0 Å². The number of hydrogen-bond acceptors (Lipinski definition) is 5. The SMILES string of the molecule is CCOC(OCC)C(N)C(=O)NO.Cl. The van der Waals surface area contributed by atoms with E-state index in [0.29, 0.717) is 13.2 Å². The normalized spacial score (nSPS) is 12.1. The van der Waals surface area contributed by atoms with Gasteiger partial charge in [-0.2, -0.15) is 0 Å². The minimum Gasteiger partial charge on any atom is -0.351 e. The molecule has 14 heavy (non-hydrogen) atoms. The van der Waals surface area contributed by atoms with E-state index in [0.717, 1.165) is 0 Å². The number of nitrogens with two attached hydrogens (primary N) is 1. The molecule has 4 N–H and O–H groups in total. The molecule has 0 heterocycles. The van der Waals surface area contributed by atoms with E-state index in [-0.39, 0.29) is 12.4 Å². The lowest BCUT2D eigenvalue weighted by molar-refractivity contribution is -0.165. The fraction of sp³-hybridized carbons (Fsp3) is 0.857. The van der Waals surface area contributed by atoms with Gasteiger partial charge in [0.2, 0.25) is 0 Å². The summed E-state index contributed by atoms with van der Waals surface area (Å²) in [6.45, 7) is 4.29. The van der Waals surface area contributed by atoms with Gasteiger partial charge in [0.05, 0.1) is 0 Å². The van der Waals surface area contributed by atoms with Crippen LogP contribution in [0.1, 0.15) is 13.8 Å². The fourth-order valence-corrected chi connectivity index (χ4v) is 0.782. The number of nitrogens with one attached hydrogen (secondary N) is 1. The van der Waals surface area contributed by atoms with Gasteiger partial charge in [0, 0.05) is 13.2 Å². The Labute approximate surface area is 89.1 Å². The van der Waals surface area contributed by atoms with E-state index in [1.54, 1.807) is 13.8 Å². The zero-order valence-corrected chi connectivity index (χ0v) is 9.04. The number of carbonyl (C=O) groups is 1. The van der Waals surface area contributed by atoms with Gasteiger partial charge in [0.25, 0.3) is 5.91 Å². The molecule has 0 radical (unpaired) electrons. The highest BCUT2D eigenvalue weighted by atomic mass is 35.5. The Morgan fingerprint density at radius 2 is 1.86 bits per heavy atom. The predicted octanol–water partition coefficient (Wildman–Crippen LogP) is -0.360. The lowest BCUT2D eigenvalue weighted by atomic mass is 10.3. The molecule has 1 unspecified atom stereocenters. The molecule has 0 bridgehead atoms. The number of hydroxylamine groups is 1. The van der Waals surface area contributed by atoms with Gasteiger partial charge in [-0.05, 0) is 13.8 Å². The lowest BCUT2D eigenvalue weighted by Crippen LogP contribution is -2.49. The summed E-state index contributed by atoms with van der Waals surface area (Å²) in [6.07, 6.45) is -0.817. The second-order valence-corrected chi connectivity index (χ2v) is 2.28. The largest absolute Gasteiger partial charge is 0.351 e. The van der Waals surface area contributed by atoms with Crippen molar-refractivity contribution in [3.8, 4) is 0 Å². The third kappa shape index (κ3) is 5.36. The Morgan fingerprint density at radius 3 is 2.14 bits per heavy atom. The molecule has 0 aliphatic rings. The van der Waals surface area contributed by atoms with Crippen molar-refractivity contribution in [3.05, 3.63) is 0 Å². The average molecular weight is 229 g/mol. The first-order valence-electron chi connectivity index (χ1n) is 4.10. The van der Waals surface area contributed by atoms with Crippen molar-refractivity contribution < 1.29 is 19.5 Å². The maximum atomic E-state index is 10.9. The minimum absolute atomic E-state index is 0. The standard InChI is InChI=1S/C7H16N2O4.ClH/c1-3-12-7(13-4-2)5(8)6(10)9-11;/h5,7,11H,3-4,8H2,1-2H3,(H,9,10);1H. The highest BCUT2D eigenvalue weighted by molar-refractivity contribution is 5.85. The van der Waals surface area contributed by atoms with Crippen LogP contribution in [0.25, 0.3) is 0 Å². The molecular weight excluding hydrogens is 212 g/mol. The van der Waals surface area contributed by atoms with Crippen molar-refractivity contribution in [2.75, 3.05) is 13.2 Å². The molecule has 1 atom stereocenters. The van der Waals surface area contributed by atoms with E-state index in [4.69, 9.17) is 20.4 Å². The first kappa shape index (κ1) is 16.0. The van der Waals surface area contributed by atoms with E-state index in [1.165, 1.54) is 5.48 Å². The molecule has 0 saturated carbocycles. The molecule has 0 aliphatic heterocycles. The molecule has 1 amide bonds. The summed E-state index contributed by atoms with van der Waals surface area (Å²) in [5.74, 6) is -0.730. The second-order valence-electron chi connectivity index (χ2n) is 2.28. The molecule has 0 aromatic rings. The van der Waals surface area contributed by atoms with Gasteiger partial charge in [-0.3, -0.25) is 10.0 Å². The van der Waals surface area contributed by atoms with Crippen LogP contribution in [-0.2, 0) is 14.3 Å². The molecule has 0 saturated heterocycles. The molecule has 0 fully saturated rings. The molecule has 86 valence electrons. The Balaban J connectivity index is 0. The summed E-state index contributed by atoms with van der Waals surface area (Å²) in [5, 5.41) is 8.30. The van der Waals surface area contributed by atoms with Crippen LogP contribution in [0.3, 0.4) is 0 Å². The van der Waals surface area contributed by atoms with Crippen molar-refractivity contribution in [3.63, 3.8) is 0 Å². The Bertz CT molecular complexity index is 153. The molecule has 7 heteroatoms. The summed E-state index contributed by atoms with van der Waals surface area (Å²) in [4.78, 5) is 10.9. The number of rotatable bonds is 6. The third-order valence-corrected chi connectivity index (χ3v) is 1.37. The maximum Gasteiger partial charge on any atom is 0.265 e. The van der Waals surface area contributed by atoms with E-state index in [2.05, 4.69) is 0 Å². The molecule has 0 aromatic heterocycles. The van der Waals surface area contributed by atoms with Gasteiger partial charge in [-0.1, -0.05) is 0 Å². The van der Waals surface area contributed by atoms with Crippen LogP contribution in [0.4, 0.5) is 0 Å². The van der Waals surface area contributed by atoms with E-state index >= 15 is 0 Å². The van der Waals surface area contributed by atoms with Crippen LogP contribution in [0.5, 0.6) is 0 Å². The van der Waals surface area contributed by atoms with E-state index in [1.807, 2.05) is 0 Å². The van der Waals surface area contributed by atoms with Crippen LogP contribution in [-0.4, -0.2) is 36.7 Å². The van der Waals surface area contributed by atoms with Gasteiger partial charge < -0.3 is 15.2 Å². The van der Waals surface area contributed by atoms with Crippen molar-refractivity contribution >= 4 is 18.3 Å². The van der Waals surface area contributed by atoms with Crippen molar-refractivity contribution in [1.29, 1.82) is 0 Å². The van der Waals surface area contributed by atoms with Crippen LogP contribution in [0.15, 0.2) is 0 Å². The van der Waals surface area contributed by atoms with Gasteiger partial charge in [-0.25, -0.2) is 5.48 Å². The smallest absolute Gasteiger partial charge is 0.265 e. The summed E-state index contributed by atoms with van der Waals surface area (Å²) in [5.41, 5.74) is 6.86. The maximum absolute atomic E-state index is 10.9. The molecular formula is C7H17ClN2O4. The molecule has 0 rings (SSSR count). The molecule has 0 spiro atoms. The molecule has 0 aliphatic carbocycles. The van der Waals surface area contributed by atoms with Crippen LogP contribution >= 0.6 is 12.4 Å². The van der Waals surface area contributed by atoms with Crippen molar-refractivity contribution in [2.24, 2.45) is 5.73 Å². The van der Waals surface area contributed by atoms with Gasteiger partial charge in [0.1, 0.15) is 6.04 Å². The average Bonchev–Trinajstić information content (AvgIpc) is 2.15. The highest BCUT2D eigenvalue weighted by Gasteiger charge is 2.24. The van der Waals surface area contributed by atoms with Crippen molar-refractivity contribution in [2.45, 2.75) is 26.2 Å². The van der Waals surface area contributed by atoms with Gasteiger partial charge in [0.15, 0.2) is 6.29 Å². The Hall–Kier alpha value is -0.400. The lowest BCUT2D eigenvalue weighted by Gasteiger charge is -2.21. The topological polar surface area (TPSA) is 93.8 Å². The minimum atomic E-state index is -1.02. The van der Waals surface area contributed by atoms with Crippen LogP contribution < -0.4 is 11.2 Å². The Morgan fingerprint density at radius 1 is 1.43 bits per heavy atom. The predicted molar refractivity (Wildman–Crippen MR) is 52.2 cm³/mol. The summed E-state index contributed by atoms with van der Waals surface area (Å²) >= 11 is 0. The number of halogens is 1. The van der Waals surface area contributed by atoms with Gasteiger partial charge in [-0.15, -0.1) is 12.4 Å². The molecule has 6 nitrogen and oxygen atoms in total. The monoisotopic (exact) mass is 228 g/mol. The number of hydrogen-bond donors (Lipinski definition) is 3. The number of carbonyl (C=O) groups excluding carboxylic acids is 1. The first-order chi connectivity index (χ1) is 6.17.